The molecular formula is C11H12ClFO4S. The lowest BCUT2D eigenvalue weighted by atomic mass is 10.1. The van der Waals surface area contributed by atoms with E-state index in [0.29, 0.717) is 6.42 Å². The third-order valence-corrected chi connectivity index (χ3v) is 3.69. The van der Waals surface area contributed by atoms with Gasteiger partial charge in [-0.3, -0.25) is 0 Å². The highest BCUT2D eigenvalue weighted by Crippen LogP contribution is 2.24. The maximum Gasteiger partial charge on any atom is 0.338 e. The number of carbonyl (C=O) groups excluding carboxylic acids is 1. The first kappa shape index (κ1) is 14.9. The fraction of sp³-hybridized carbons (Fsp3) is 0.364. The maximum atomic E-state index is 13.3. The summed E-state index contributed by atoms with van der Waals surface area (Å²) in [4.78, 5) is 11.2. The van der Waals surface area contributed by atoms with Gasteiger partial charge in [-0.15, -0.1) is 0 Å². The van der Waals surface area contributed by atoms with Crippen LogP contribution in [0.4, 0.5) is 4.39 Å². The van der Waals surface area contributed by atoms with E-state index in [0.717, 1.165) is 12.1 Å². The first-order valence-corrected chi connectivity index (χ1v) is 7.50. The van der Waals surface area contributed by atoms with Gasteiger partial charge < -0.3 is 4.74 Å². The number of esters is 1. The molecule has 18 heavy (non-hydrogen) atoms. The van der Waals surface area contributed by atoms with E-state index in [-0.39, 0.29) is 17.7 Å². The van der Waals surface area contributed by atoms with Crippen molar-refractivity contribution >= 4 is 25.7 Å². The molecule has 0 atom stereocenters. The van der Waals surface area contributed by atoms with Crippen molar-refractivity contribution in [2.75, 3.05) is 6.61 Å². The molecule has 0 spiro atoms. The minimum Gasteiger partial charge on any atom is -0.462 e. The third-order valence-electron chi connectivity index (χ3n) is 2.24. The van der Waals surface area contributed by atoms with Gasteiger partial charge >= 0.3 is 5.97 Å². The Hall–Kier alpha value is -1.14. The molecule has 0 fully saturated rings. The first-order chi connectivity index (χ1) is 8.27. The monoisotopic (exact) mass is 294 g/mol. The van der Waals surface area contributed by atoms with Crippen molar-refractivity contribution in [3.63, 3.8) is 0 Å². The number of benzene rings is 1. The van der Waals surface area contributed by atoms with Crippen LogP contribution < -0.4 is 0 Å². The zero-order chi connectivity index (χ0) is 13.9. The lowest BCUT2D eigenvalue weighted by Crippen LogP contribution is -2.10. The molecule has 0 saturated carbocycles. The summed E-state index contributed by atoms with van der Waals surface area (Å²) in [6, 6.07) is 1.70. The first-order valence-electron chi connectivity index (χ1n) is 5.19. The molecule has 1 aromatic rings. The normalized spacial score (nSPS) is 11.3. The molecule has 0 aliphatic carbocycles. The standard InChI is InChI=1S/C11H12ClFO4S/c1-3-4-17-11(14)9-5-8(13)6-10(7(9)2)18(12,15)16/h5-6H,3-4H2,1-2H3. The quantitative estimate of drug-likeness (QED) is 0.632. The van der Waals surface area contributed by atoms with Gasteiger partial charge in [0.05, 0.1) is 17.1 Å². The Kier molecular flexibility index (Phi) is 4.70. The van der Waals surface area contributed by atoms with Gasteiger partial charge in [0, 0.05) is 10.7 Å². The largest absolute Gasteiger partial charge is 0.462 e. The summed E-state index contributed by atoms with van der Waals surface area (Å²) < 4.78 is 40.6. The molecule has 0 heterocycles. The second kappa shape index (κ2) is 5.67. The van der Waals surface area contributed by atoms with Gasteiger partial charge in [0.15, 0.2) is 0 Å². The summed E-state index contributed by atoms with van der Waals surface area (Å²) in [5, 5.41) is 0. The van der Waals surface area contributed by atoms with Crippen molar-refractivity contribution in [2.45, 2.75) is 25.2 Å². The smallest absolute Gasteiger partial charge is 0.338 e. The second-order valence-electron chi connectivity index (χ2n) is 3.65. The molecule has 0 radical (unpaired) electrons. The summed E-state index contributed by atoms with van der Waals surface area (Å²) in [5.41, 5.74) is -0.0600. The summed E-state index contributed by atoms with van der Waals surface area (Å²) in [6.45, 7) is 3.36. The average molecular weight is 295 g/mol. The van der Waals surface area contributed by atoms with Gasteiger partial charge in [-0.25, -0.2) is 17.6 Å². The van der Waals surface area contributed by atoms with Crippen LogP contribution in [-0.2, 0) is 13.8 Å². The molecule has 0 N–H and O–H groups in total. The summed E-state index contributed by atoms with van der Waals surface area (Å²) >= 11 is 0. The fourth-order valence-electron chi connectivity index (χ4n) is 1.39. The predicted molar refractivity (Wildman–Crippen MR) is 64.7 cm³/mol. The van der Waals surface area contributed by atoms with Crippen LogP contribution in [0, 0.1) is 12.7 Å². The maximum absolute atomic E-state index is 13.3. The molecule has 1 rings (SSSR count). The molecule has 0 amide bonds. The van der Waals surface area contributed by atoms with E-state index < -0.39 is 25.7 Å². The van der Waals surface area contributed by atoms with E-state index in [2.05, 4.69) is 0 Å². The summed E-state index contributed by atoms with van der Waals surface area (Å²) in [7, 11) is 1.06. The van der Waals surface area contributed by atoms with E-state index in [1.807, 2.05) is 0 Å². The third kappa shape index (κ3) is 3.43. The van der Waals surface area contributed by atoms with Crippen molar-refractivity contribution in [3.8, 4) is 0 Å². The van der Waals surface area contributed by atoms with Crippen molar-refractivity contribution < 1.29 is 22.3 Å². The van der Waals surface area contributed by atoms with Crippen LogP contribution >= 0.6 is 10.7 Å². The SMILES string of the molecule is CCCOC(=O)c1cc(F)cc(S(=O)(=O)Cl)c1C. The van der Waals surface area contributed by atoms with Crippen LogP contribution in [0.1, 0.15) is 29.3 Å². The van der Waals surface area contributed by atoms with Gasteiger partial charge in [-0.2, -0.15) is 0 Å². The Bertz CT molecular complexity index is 569. The Balaban J connectivity index is 3.30. The Morgan fingerprint density at radius 1 is 1.44 bits per heavy atom. The summed E-state index contributed by atoms with van der Waals surface area (Å²) in [5.74, 6) is -1.63. The fourth-order valence-corrected chi connectivity index (χ4v) is 2.60. The molecule has 4 nitrogen and oxygen atoms in total. The molecule has 0 unspecified atom stereocenters. The Labute approximate surface area is 109 Å². The van der Waals surface area contributed by atoms with Gasteiger partial charge in [-0.05, 0) is 31.0 Å². The van der Waals surface area contributed by atoms with Gasteiger partial charge in [0.2, 0.25) is 0 Å². The number of carbonyl (C=O) groups is 1. The van der Waals surface area contributed by atoms with E-state index in [4.69, 9.17) is 15.4 Å². The molecule has 0 aliphatic rings. The highest BCUT2D eigenvalue weighted by molar-refractivity contribution is 8.13. The second-order valence-corrected chi connectivity index (χ2v) is 6.18. The number of rotatable bonds is 4. The zero-order valence-electron chi connectivity index (χ0n) is 9.87. The molecule has 0 saturated heterocycles. The number of hydrogen-bond donors (Lipinski definition) is 0. The predicted octanol–water partition coefficient (Wildman–Crippen LogP) is 2.63. The van der Waals surface area contributed by atoms with Crippen molar-refractivity contribution in [3.05, 3.63) is 29.1 Å². The van der Waals surface area contributed by atoms with Gasteiger partial charge in [0.1, 0.15) is 5.82 Å². The van der Waals surface area contributed by atoms with Crippen molar-refractivity contribution in [2.24, 2.45) is 0 Å². The van der Waals surface area contributed by atoms with E-state index in [1.54, 1.807) is 6.92 Å². The van der Waals surface area contributed by atoms with Crippen LogP contribution in [0.15, 0.2) is 17.0 Å². The molecule has 0 aliphatic heterocycles. The minimum absolute atomic E-state index is 0.0764. The van der Waals surface area contributed by atoms with E-state index in [1.165, 1.54) is 6.92 Å². The Morgan fingerprint density at radius 3 is 2.56 bits per heavy atom. The van der Waals surface area contributed by atoms with Crippen LogP contribution in [0.25, 0.3) is 0 Å². The van der Waals surface area contributed by atoms with Gasteiger partial charge in [-0.1, -0.05) is 6.92 Å². The van der Waals surface area contributed by atoms with Crippen LogP contribution in [0.3, 0.4) is 0 Å². The topological polar surface area (TPSA) is 60.4 Å². The van der Waals surface area contributed by atoms with Crippen molar-refractivity contribution in [1.29, 1.82) is 0 Å². The molecule has 1 aromatic carbocycles. The zero-order valence-corrected chi connectivity index (χ0v) is 11.4. The van der Waals surface area contributed by atoms with Crippen LogP contribution in [0.5, 0.6) is 0 Å². The van der Waals surface area contributed by atoms with E-state index in [9.17, 15) is 17.6 Å². The number of ether oxygens (including phenoxy) is 1. The molecule has 7 heteroatoms. The van der Waals surface area contributed by atoms with Crippen LogP contribution in [0.2, 0.25) is 0 Å². The lowest BCUT2D eigenvalue weighted by Gasteiger charge is -2.09. The van der Waals surface area contributed by atoms with Gasteiger partial charge in [0.25, 0.3) is 9.05 Å². The summed E-state index contributed by atoms with van der Waals surface area (Å²) in [6.07, 6.45) is 0.612. The average Bonchev–Trinajstić information content (AvgIpc) is 2.27. The highest BCUT2D eigenvalue weighted by atomic mass is 35.7. The van der Waals surface area contributed by atoms with Crippen LogP contribution in [-0.4, -0.2) is 21.0 Å². The molecule has 0 aromatic heterocycles. The molecule has 100 valence electrons. The minimum atomic E-state index is -4.11. The highest BCUT2D eigenvalue weighted by Gasteiger charge is 2.21. The molecular weight excluding hydrogens is 283 g/mol. The number of halogens is 2. The van der Waals surface area contributed by atoms with E-state index >= 15 is 0 Å². The van der Waals surface area contributed by atoms with Crippen molar-refractivity contribution in [1.82, 2.24) is 0 Å². The number of hydrogen-bond acceptors (Lipinski definition) is 4. The Morgan fingerprint density at radius 2 is 2.06 bits per heavy atom. The molecule has 0 bridgehead atoms. The lowest BCUT2D eigenvalue weighted by molar-refractivity contribution is 0.0503.